The van der Waals surface area contributed by atoms with Crippen LogP contribution in [0.25, 0.3) is 0 Å². The largest absolute Gasteiger partial charge is 0.497 e. The SMILES string of the molecule is COc1ccc([C@@H]2C/C(=C(\Cc3ccc(Cl)cc3)C(C)=O)Oc3cc4c(cc32)OCO4)cc1. The lowest BCUT2D eigenvalue weighted by Gasteiger charge is -2.30. The first-order chi connectivity index (χ1) is 16.0. The van der Waals surface area contributed by atoms with Gasteiger partial charge in [-0.3, -0.25) is 4.79 Å². The first-order valence-electron chi connectivity index (χ1n) is 10.7. The minimum atomic E-state index is -0.0161. The molecule has 0 aliphatic carbocycles. The van der Waals surface area contributed by atoms with Crippen molar-refractivity contribution in [3.05, 3.63) is 93.7 Å². The van der Waals surface area contributed by atoms with Crippen LogP contribution < -0.4 is 18.9 Å². The quantitative estimate of drug-likeness (QED) is 0.430. The van der Waals surface area contributed by atoms with E-state index in [0.29, 0.717) is 46.4 Å². The molecule has 2 aliphatic heterocycles. The molecule has 0 N–H and O–H groups in total. The maximum atomic E-state index is 12.7. The number of ketones is 1. The fraction of sp³-hybridized carbons (Fsp3) is 0.222. The van der Waals surface area contributed by atoms with Crippen LogP contribution in [-0.2, 0) is 11.2 Å². The van der Waals surface area contributed by atoms with Crippen LogP contribution in [0.2, 0.25) is 5.02 Å². The normalized spacial score (nSPS) is 17.7. The number of halogens is 1. The van der Waals surface area contributed by atoms with Gasteiger partial charge in [0.05, 0.1) is 7.11 Å². The second-order valence-electron chi connectivity index (χ2n) is 8.14. The molecule has 2 aliphatic rings. The lowest BCUT2D eigenvalue weighted by Crippen LogP contribution is -2.18. The zero-order valence-corrected chi connectivity index (χ0v) is 19.1. The van der Waals surface area contributed by atoms with E-state index in [1.165, 1.54) is 0 Å². The lowest BCUT2D eigenvalue weighted by atomic mass is 9.83. The minimum absolute atomic E-state index is 0.0104. The molecule has 0 aromatic heterocycles. The molecule has 0 fully saturated rings. The molecule has 5 nitrogen and oxygen atoms in total. The van der Waals surface area contributed by atoms with Crippen LogP contribution in [0, 0.1) is 0 Å². The summed E-state index contributed by atoms with van der Waals surface area (Å²) in [6.07, 6.45) is 1.03. The van der Waals surface area contributed by atoms with E-state index in [2.05, 4.69) is 0 Å². The van der Waals surface area contributed by atoms with Crippen LogP contribution in [0.15, 0.2) is 72.0 Å². The number of hydrogen-bond donors (Lipinski definition) is 0. The third-order valence-corrected chi connectivity index (χ3v) is 6.33. The topological polar surface area (TPSA) is 54.0 Å². The number of Topliss-reactive ketones (excluding diaryl/α,β-unsaturated/α-hetero) is 1. The molecule has 0 radical (unpaired) electrons. The van der Waals surface area contributed by atoms with E-state index in [1.807, 2.05) is 60.7 Å². The van der Waals surface area contributed by atoms with Gasteiger partial charge in [-0.05, 0) is 48.4 Å². The van der Waals surface area contributed by atoms with Crippen LogP contribution in [0.3, 0.4) is 0 Å². The van der Waals surface area contributed by atoms with Crippen molar-refractivity contribution in [2.75, 3.05) is 13.9 Å². The van der Waals surface area contributed by atoms with E-state index in [0.717, 1.165) is 22.4 Å². The molecule has 0 bridgehead atoms. The van der Waals surface area contributed by atoms with Gasteiger partial charge in [0.25, 0.3) is 0 Å². The van der Waals surface area contributed by atoms with E-state index >= 15 is 0 Å². The van der Waals surface area contributed by atoms with Crippen molar-refractivity contribution in [1.82, 2.24) is 0 Å². The van der Waals surface area contributed by atoms with E-state index in [-0.39, 0.29) is 18.5 Å². The molecule has 0 spiro atoms. The van der Waals surface area contributed by atoms with E-state index in [1.54, 1.807) is 14.0 Å². The predicted octanol–water partition coefficient (Wildman–Crippen LogP) is 6.08. The number of fused-ring (bicyclic) bond motifs is 2. The van der Waals surface area contributed by atoms with Crippen LogP contribution in [0.4, 0.5) is 0 Å². The smallest absolute Gasteiger partial charge is 0.231 e. The van der Waals surface area contributed by atoms with Crippen LogP contribution in [0.5, 0.6) is 23.0 Å². The molecular formula is C27H23ClO5. The second kappa shape index (κ2) is 8.83. The molecule has 6 heteroatoms. The molecule has 3 aromatic carbocycles. The average molecular weight is 463 g/mol. The summed E-state index contributed by atoms with van der Waals surface area (Å²) in [5.41, 5.74) is 3.76. The van der Waals surface area contributed by atoms with Crippen molar-refractivity contribution in [3.63, 3.8) is 0 Å². The molecule has 168 valence electrons. The highest BCUT2D eigenvalue weighted by atomic mass is 35.5. The summed E-state index contributed by atoms with van der Waals surface area (Å²) in [4.78, 5) is 12.7. The maximum absolute atomic E-state index is 12.7. The van der Waals surface area contributed by atoms with Crippen molar-refractivity contribution < 1.29 is 23.7 Å². The first-order valence-corrected chi connectivity index (χ1v) is 11.1. The highest BCUT2D eigenvalue weighted by Crippen LogP contribution is 2.48. The number of methoxy groups -OCH3 is 1. The summed E-state index contributed by atoms with van der Waals surface area (Å²) in [6, 6.07) is 19.3. The molecule has 0 unspecified atom stereocenters. The summed E-state index contributed by atoms with van der Waals surface area (Å²) in [5.74, 6) is 3.46. The number of carbonyl (C=O) groups excluding carboxylic acids is 1. The third kappa shape index (κ3) is 4.29. The van der Waals surface area contributed by atoms with Crippen molar-refractivity contribution in [3.8, 4) is 23.0 Å². The Kier molecular flexibility index (Phi) is 5.73. The molecule has 0 amide bonds. The summed E-state index contributed by atoms with van der Waals surface area (Å²) in [7, 11) is 1.65. The van der Waals surface area contributed by atoms with Crippen molar-refractivity contribution in [2.24, 2.45) is 0 Å². The van der Waals surface area contributed by atoms with Gasteiger partial charge in [0.1, 0.15) is 17.3 Å². The molecule has 3 aromatic rings. The fourth-order valence-electron chi connectivity index (χ4n) is 4.31. The van der Waals surface area contributed by atoms with E-state index < -0.39 is 0 Å². The standard InChI is InChI=1S/C27H23ClO5/c1-16(29)21(11-17-3-7-19(28)8-4-17)24-12-22(18-5-9-20(30-2)10-6-18)23-13-26-27(32-15-31-26)14-25(23)33-24/h3-10,13-14,22H,11-12,15H2,1-2H3/b24-21-/t22-/m0/s1. The summed E-state index contributed by atoms with van der Waals surface area (Å²) in [6.45, 7) is 1.77. The Hall–Kier alpha value is -3.44. The fourth-order valence-corrected chi connectivity index (χ4v) is 4.44. The highest BCUT2D eigenvalue weighted by molar-refractivity contribution is 6.30. The summed E-state index contributed by atoms with van der Waals surface area (Å²) in [5, 5.41) is 0.661. The van der Waals surface area contributed by atoms with Gasteiger partial charge in [0.15, 0.2) is 17.3 Å². The zero-order valence-electron chi connectivity index (χ0n) is 18.4. The minimum Gasteiger partial charge on any atom is -0.497 e. The van der Waals surface area contributed by atoms with Gasteiger partial charge in [-0.25, -0.2) is 0 Å². The van der Waals surface area contributed by atoms with Gasteiger partial charge in [0.2, 0.25) is 6.79 Å². The number of ether oxygens (including phenoxy) is 4. The highest BCUT2D eigenvalue weighted by Gasteiger charge is 2.32. The lowest BCUT2D eigenvalue weighted by molar-refractivity contribution is -0.113. The van der Waals surface area contributed by atoms with E-state index in [9.17, 15) is 4.79 Å². The van der Waals surface area contributed by atoms with Gasteiger partial charge in [-0.2, -0.15) is 0 Å². The molecule has 1 atom stereocenters. The Labute approximate surface area is 197 Å². The van der Waals surface area contributed by atoms with Crippen LogP contribution in [0.1, 0.15) is 36.0 Å². The van der Waals surface area contributed by atoms with Crippen molar-refractivity contribution in [1.29, 1.82) is 0 Å². The first kappa shape index (κ1) is 21.4. The average Bonchev–Trinajstić information content (AvgIpc) is 3.29. The number of carbonyl (C=O) groups is 1. The van der Waals surface area contributed by atoms with E-state index in [4.69, 9.17) is 30.5 Å². The third-order valence-electron chi connectivity index (χ3n) is 6.08. The Bertz CT molecular complexity index is 1230. The van der Waals surface area contributed by atoms with Crippen LogP contribution in [-0.4, -0.2) is 19.7 Å². The molecule has 5 rings (SSSR count). The maximum Gasteiger partial charge on any atom is 0.231 e. The monoisotopic (exact) mass is 462 g/mol. The Morgan fingerprint density at radius 2 is 1.70 bits per heavy atom. The number of hydrogen-bond acceptors (Lipinski definition) is 5. The van der Waals surface area contributed by atoms with Crippen LogP contribution >= 0.6 is 11.6 Å². The molecule has 0 saturated heterocycles. The Morgan fingerprint density at radius 3 is 2.36 bits per heavy atom. The second-order valence-corrected chi connectivity index (χ2v) is 8.57. The van der Waals surface area contributed by atoms with Gasteiger partial charge in [0, 0.05) is 41.0 Å². The van der Waals surface area contributed by atoms with Crippen molar-refractivity contribution in [2.45, 2.75) is 25.7 Å². The van der Waals surface area contributed by atoms with Gasteiger partial charge in [-0.1, -0.05) is 35.9 Å². The van der Waals surface area contributed by atoms with Gasteiger partial charge in [-0.15, -0.1) is 0 Å². The molecule has 2 heterocycles. The van der Waals surface area contributed by atoms with Gasteiger partial charge < -0.3 is 18.9 Å². The van der Waals surface area contributed by atoms with Gasteiger partial charge >= 0.3 is 0 Å². The molecule has 33 heavy (non-hydrogen) atoms. The Balaban J connectivity index is 1.60. The predicted molar refractivity (Wildman–Crippen MR) is 126 cm³/mol. The zero-order chi connectivity index (χ0) is 22.9. The molecule has 0 saturated carbocycles. The summed E-state index contributed by atoms with van der Waals surface area (Å²) >= 11 is 6.04. The van der Waals surface area contributed by atoms with Crippen molar-refractivity contribution >= 4 is 17.4 Å². The Morgan fingerprint density at radius 1 is 1.00 bits per heavy atom. The number of rotatable bonds is 5. The number of benzene rings is 3. The number of allylic oxidation sites excluding steroid dienone is 2. The summed E-state index contributed by atoms with van der Waals surface area (Å²) < 4.78 is 22.9. The molecular weight excluding hydrogens is 440 g/mol.